The van der Waals surface area contributed by atoms with E-state index in [9.17, 15) is 4.79 Å². The van der Waals surface area contributed by atoms with Gasteiger partial charge in [-0.15, -0.1) is 11.3 Å². The molecule has 0 aliphatic carbocycles. The summed E-state index contributed by atoms with van der Waals surface area (Å²) in [6.45, 7) is 4.03. The van der Waals surface area contributed by atoms with Crippen LogP contribution in [0, 0.1) is 6.92 Å². The van der Waals surface area contributed by atoms with E-state index in [1.807, 2.05) is 26.0 Å². The topological polar surface area (TPSA) is 59.2 Å². The monoisotopic (exact) mass is 309 g/mol. The highest BCUT2D eigenvalue weighted by Gasteiger charge is 2.22. The number of pyridine rings is 1. The number of aromatic nitrogens is 1. The lowest BCUT2D eigenvalue weighted by molar-refractivity contribution is 0.0746. The Morgan fingerprint density at radius 1 is 1.50 bits per heavy atom. The molecule has 0 aliphatic rings. The number of nitrogens with zero attached hydrogens (tertiary/aromatic N) is 2. The van der Waals surface area contributed by atoms with Crippen molar-refractivity contribution in [3.63, 3.8) is 0 Å². The molecule has 2 rings (SSSR count). The molecule has 6 heteroatoms. The van der Waals surface area contributed by atoms with Crippen LogP contribution in [0.25, 0.3) is 0 Å². The van der Waals surface area contributed by atoms with Crippen molar-refractivity contribution in [2.45, 2.75) is 19.9 Å². The summed E-state index contributed by atoms with van der Waals surface area (Å²) in [5.41, 5.74) is 6.52. The molecule has 106 valence electrons. The number of hydrogen-bond acceptors (Lipinski definition) is 4. The molecule has 2 N–H and O–H groups in total. The second kappa shape index (κ2) is 5.81. The molecule has 2 aromatic rings. The number of hydrogen-bond donors (Lipinski definition) is 1. The van der Waals surface area contributed by atoms with Crippen molar-refractivity contribution in [1.82, 2.24) is 9.88 Å². The van der Waals surface area contributed by atoms with Gasteiger partial charge >= 0.3 is 0 Å². The van der Waals surface area contributed by atoms with Gasteiger partial charge in [0.25, 0.3) is 5.91 Å². The van der Waals surface area contributed by atoms with E-state index in [-0.39, 0.29) is 17.1 Å². The van der Waals surface area contributed by atoms with Crippen LogP contribution in [0.3, 0.4) is 0 Å². The molecule has 1 unspecified atom stereocenters. The molecule has 0 saturated carbocycles. The number of thiophene rings is 1. The van der Waals surface area contributed by atoms with Crippen LogP contribution in [0.5, 0.6) is 0 Å². The standard InChI is InChI=1S/C14H16ClN3OS/c1-8-4-5-12(20-8)9(2)18(3)14(19)10-6-13(15)17-7-11(10)16/h4-7,9H,16H2,1-3H3. The van der Waals surface area contributed by atoms with Gasteiger partial charge in [-0.2, -0.15) is 0 Å². The van der Waals surface area contributed by atoms with Crippen molar-refractivity contribution in [2.24, 2.45) is 0 Å². The Balaban J connectivity index is 2.26. The van der Waals surface area contributed by atoms with E-state index in [4.69, 9.17) is 17.3 Å². The summed E-state index contributed by atoms with van der Waals surface area (Å²) in [6.07, 6.45) is 1.41. The number of halogens is 1. The van der Waals surface area contributed by atoms with Gasteiger partial charge in [-0.1, -0.05) is 11.6 Å². The number of aryl methyl sites for hydroxylation is 1. The molecule has 2 heterocycles. The van der Waals surface area contributed by atoms with Gasteiger partial charge in [-0.25, -0.2) is 4.98 Å². The molecule has 1 atom stereocenters. The number of anilines is 1. The smallest absolute Gasteiger partial charge is 0.256 e. The van der Waals surface area contributed by atoms with Gasteiger partial charge in [-0.05, 0) is 32.0 Å². The molecular weight excluding hydrogens is 294 g/mol. The maximum absolute atomic E-state index is 12.5. The fraction of sp³-hybridized carbons (Fsp3) is 0.286. The molecule has 0 saturated heterocycles. The molecule has 0 aromatic carbocycles. The molecule has 4 nitrogen and oxygen atoms in total. The zero-order chi connectivity index (χ0) is 14.9. The number of nitrogen functional groups attached to an aromatic ring is 1. The minimum atomic E-state index is -0.162. The summed E-state index contributed by atoms with van der Waals surface area (Å²) in [5, 5.41) is 0.260. The van der Waals surface area contributed by atoms with Crippen molar-refractivity contribution >= 4 is 34.5 Å². The molecule has 0 spiro atoms. The second-order valence-electron chi connectivity index (χ2n) is 4.63. The van der Waals surface area contributed by atoms with E-state index in [1.165, 1.54) is 17.1 Å². The first-order valence-electron chi connectivity index (χ1n) is 6.14. The third kappa shape index (κ3) is 2.94. The Bertz CT molecular complexity index is 641. The van der Waals surface area contributed by atoms with Crippen molar-refractivity contribution < 1.29 is 4.79 Å². The van der Waals surface area contributed by atoms with Crippen LogP contribution in [0.1, 0.15) is 33.1 Å². The van der Waals surface area contributed by atoms with Gasteiger partial charge in [0, 0.05) is 16.8 Å². The molecule has 0 aliphatic heterocycles. The average Bonchev–Trinajstić information content (AvgIpc) is 2.85. The lowest BCUT2D eigenvalue weighted by Gasteiger charge is -2.24. The van der Waals surface area contributed by atoms with E-state index < -0.39 is 0 Å². The van der Waals surface area contributed by atoms with Crippen molar-refractivity contribution in [3.05, 3.63) is 44.9 Å². The van der Waals surface area contributed by atoms with Gasteiger partial charge in [0.1, 0.15) is 5.15 Å². The van der Waals surface area contributed by atoms with E-state index in [2.05, 4.69) is 4.98 Å². The fourth-order valence-electron chi connectivity index (χ4n) is 1.86. The van der Waals surface area contributed by atoms with Gasteiger partial charge in [0.2, 0.25) is 0 Å². The van der Waals surface area contributed by atoms with E-state index in [1.54, 1.807) is 23.3 Å². The lowest BCUT2D eigenvalue weighted by Crippen LogP contribution is -2.29. The van der Waals surface area contributed by atoms with Crippen LogP contribution in [0.2, 0.25) is 5.15 Å². The first-order valence-corrected chi connectivity index (χ1v) is 7.34. The van der Waals surface area contributed by atoms with Crippen LogP contribution in [0.15, 0.2) is 24.4 Å². The minimum Gasteiger partial charge on any atom is -0.397 e. The molecule has 2 aromatic heterocycles. The van der Waals surface area contributed by atoms with Gasteiger partial charge < -0.3 is 10.6 Å². The minimum absolute atomic E-state index is 0.0208. The molecule has 0 bridgehead atoms. The van der Waals surface area contributed by atoms with Gasteiger partial charge in [0.15, 0.2) is 0 Å². The number of rotatable bonds is 3. The van der Waals surface area contributed by atoms with E-state index in [0.717, 1.165) is 4.88 Å². The number of carbonyl (C=O) groups excluding carboxylic acids is 1. The summed E-state index contributed by atoms with van der Waals surface area (Å²) in [4.78, 5) is 20.4. The van der Waals surface area contributed by atoms with Crippen molar-refractivity contribution in [3.8, 4) is 0 Å². The van der Waals surface area contributed by atoms with E-state index >= 15 is 0 Å². The molecule has 20 heavy (non-hydrogen) atoms. The number of carbonyl (C=O) groups is 1. The summed E-state index contributed by atoms with van der Waals surface area (Å²) in [7, 11) is 1.76. The molecule has 1 amide bonds. The Morgan fingerprint density at radius 2 is 2.20 bits per heavy atom. The fourth-order valence-corrected chi connectivity index (χ4v) is 2.99. The summed E-state index contributed by atoms with van der Waals surface area (Å²) in [6, 6.07) is 5.57. The molecular formula is C14H16ClN3OS. The van der Waals surface area contributed by atoms with Crippen molar-refractivity contribution in [1.29, 1.82) is 0 Å². The van der Waals surface area contributed by atoms with Crippen molar-refractivity contribution in [2.75, 3.05) is 12.8 Å². The predicted octanol–water partition coefficient (Wildman–Crippen LogP) is 3.52. The first-order chi connectivity index (χ1) is 9.40. The Morgan fingerprint density at radius 3 is 2.80 bits per heavy atom. The average molecular weight is 310 g/mol. The Hall–Kier alpha value is -1.59. The Kier molecular flexibility index (Phi) is 4.30. The van der Waals surface area contributed by atoms with Crippen LogP contribution in [0.4, 0.5) is 5.69 Å². The lowest BCUT2D eigenvalue weighted by atomic mass is 10.1. The zero-order valence-corrected chi connectivity index (χ0v) is 13.1. The van der Waals surface area contributed by atoms with Crippen LogP contribution in [-0.2, 0) is 0 Å². The quantitative estimate of drug-likeness (QED) is 0.882. The summed E-state index contributed by atoms with van der Waals surface area (Å²) in [5.74, 6) is -0.162. The highest BCUT2D eigenvalue weighted by molar-refractivity contribution is 7.12. The van der Waals surface area contributed by atoms with Crippen LogP contribution in [-0.4, -0.2) is 22.8 Å². The molecule has 0 fully saturated rings. The van der Waals surface area contributed by atoms with Gasteiger partial charge in [-0.3, -0.25) is 4.79 Å². The van der Waals surface area contributed by atoms with Crippen LogP contribution < -0.4 is 5.73 Å². The molecule has 0 radical (unpaired) electrons. The first kappa shape index (κ1) is 14.8. The maximum Gasteiger partial charge on any atom is 0.256 e. The Labute approximate surface area is 127 Å². The normalized spacial score (nSPS) is 12.2. The highest BCUT2D eigenvalue weighted by Crippen LogP contribution is 2.28. The maximum atomic E-state index is 12.5. The van der Waals surface area contributed by atoms with E-state index in [0.29, 0.717) is 11.3 Å². The van der Waals surface area contributed by atoms with Crippen LogP contribution >= 0.6 is 22.9 Å². The SMILES string of the molecule is Cc1ccc(C(C)N(C)C(=O)c2cc(Cl)ncc2N)s1. The number of amides is 1. The third-order valence-electron chi connectivity index (χ3n) is 3.21. The third-order valence-corrected chi connectivity index (χ3v) is 4.58. The zero-order valence-electron chi connectivity index (χ0n) is 11.6. The highest BCUT2D eigenvalue weighted by atomic mass is 35.5. The largest absolute Gasteiger partial charge is 0.397 e. The summed E-state index contributed by atoms with van der Waals surface area (Å²) >= 11 is 7.51. The summed E-state index contributed by atoms with van der Waals surface area (Å²) < 4.78 is 0. The second-order valence-corrected chi connectivity index (χ2v) is 6.34. The van der Waals surface area contributed by atoms with Gasteiger partial charge in [0.05, 0.1) is 23.5 Å². The number of nitrogens with two attached hydrogens (primary N) is 1. The predicted molar refractivity (Wildman–Crippen MR) is 83.2 cm³/mol.